The summed E-state index contributed by atoms with van der Waals surface area (Å²) < 4.78 is 81.0. The van der Waals surface area contributed by atoms with Gasteiger partial charge in [-0.2, -0.15) is 13.2 Å². The van der Waals surface area contributed by atoms with Crippen LogP contribution in [0.5, 0.6) is 0 Å². The van der Waals surface area contributed by atoms with Crippen LogP contribution in [-0.2, 0) is 38.6 Å². The maximum Gasteiger partial charge on any atom is 0.417 e. The third-order valence-electron chi connectivity index (χ3n) is 8.39. The van der Waals surface area contributed by atoms with Gasteiger partial charge in [-0.3, -0.25) is 14.4 Å². The summed E-state index contributed by atoms with van der Waals surface area (Å²) in [5, 5.41) is 9.81. The molecule has 0 aromatic rings. The molecule has 0 spiro atoms. The number of halogens is 3. The summed E-state index contributed by atoms with van der Waals surface area (Å²) in [5.41, 5.74) is -6.31. The van der Waals surface area contributed by atoms with E-state index < -0.39 is 74.6 Å². The fraction of sp³-hybridized carbons (Fsp3) is 0.897. The Kier molecular flexibility index (Phi) is 13.5. The van der Waals surface area contributed by atoms with Gasteiger partial charge in [-0.25, -0.2) is 13.1 Å². The predicted molar refractivity (Wildman–Crippen MR) is 153 cm³/mol. The molecule has 0 radical (unpaired) electrons. The standard InChI is InChI=1S/C29H50F3NO9S/c1-9-26(6,24(36)40-16-15-33-43(8,38)39)19-21(22(34)42-28(10-2)13-11-12-14-28)18-25(4,5)23(35)41-20(3)17-27(7,37)29(30,31)32/h20-21,33,37H,9-19H2,1-8H3. The van der Waals surface area contributed by atoms with Crippen LogP contribution in [0.4, 0.5) is 13.2 Å². The van der Waals surface area contributed by atoms with E-state index in [1.54, 1.807) is 13.8 Å². The topological polar surface area (TPSA) is 145 Å². The highest BCUT2D eigenvalue weighted by Gasteiger charge is 2.51. The number of nitrogens with one attached hydrogen (secondary N) is 1. The molecule has 252 valence electrons. The van der Waals surface area contributed by atoms with Gasteiger partial charge in [-0.1, -0.05) is 13.8 Å². The second kappa shape index (κ2) is 14.9. The molecule has 1 rings (SSSR count). The highest BCUT2D eigenvalue weighted by Crippen LogP contribution is 2.42. The lowest BCUT2D eigenvalue weighted by Gasteiger charge is -2.36. The highest BCUT2D eigenvalue weighted by atomic mass is 32.2. The summed E-state index contributed by atoms with van der Waals surface area (Å²) >= 11 is 0. The van der Waals surface area contributed by atoms with Gasteiger partial charge in [0, 0.05) is 13.0 Å². The summed E-state index contributed by atoms with van der Waals surface area (Å²) in [6.45, 7) is 9.73. The van der Waals surface area contributed by atoms with Crippen molar-refractivity contribution in [2.75, 3.05) is 19.4 Å². The number of alkyl halides is 3. The van der Waals surface area contributed by atoms with Crippen LogP contribution >= 0.6 is 0 Å². The fourth-order valence-corrected chi connectivity index (χ4v) is 5.76. The van der Waals surface area contributed by atoms with E-state index in [-0.39, 0.29) is 32.4 Å². The zero-order valence-electron chi connectivity index (χ0n) is 26.7. The lowest BCUT2D eigenvalue weighted by atomic mass is 9.73. The minimum atomic E-state index is -4.92. The van der Waals surface area contributed by atoms with Gasteiger partial charge in [0.25, 0.3) is 0 Å². The number of aliphatic hydroxyl groups is 1. The van der Waals surface area contributed by atoms with Gasteiger partial charge in [0.15, 0.2) is 5.60 Å². The molecule has 43 heavy (non-hydrogen) atoms. The third-order valence-corrected chi connectivity index (χ3v) is 9.12. The molecule has 14 heteroatoms. The van der Waals surface area contributed by atoms with Gasteiger partial charge >= 0.3 is 24.1 Å². The first-order valence-electron chi connectivity index (χ1n) is 14.8. The molecule has 1 aliphatic rings. The molecule has 0 bridgehead atoms. The molecule has 0 saturated heterocycles. The lowest BCUT2D eigenvalue weighted by molar-refractivity contribution is -0.261. The van der Waals surface area contributed by atoms with E-state index >= 15 is 0 Å². The lowest BCUT2D eigenvalue weighted by Crippen LogP contribution is -2.46. The minimum Gasteiger partial charge on any atom is -0.464 e. The van der Waals surface area contributed by atoms with Crippen molar-refractivity contribution in [3.63, 3.8) is 0 Å². The summed E-state index contributed by atoms with van der Waals surface area (Å²) in [5.74, 6) is -3.09. The van der Waals surface area contributed by atoms with E-state index in [9.17, 15) is 41.1 Å². The Morgan fingerprint density at radius 1 is 0.977 bits per heavy atom. The van der Waals surface area contributed by atoms with E-state index in [1.807, 2.05) is 6.92 Å². The molecule has 1 aliphatic carbocycles. The summed E-state index contributed by atoms with van der Waals surface area (Å²) in [6, 6.07) is 0. The van der Waals surface area contributed by atoms with E-state index in [1.165, 1.54) is 20.8 Å². The molecule has 0 aliphatic heterocycles. The highest BCUT2D eigenvalue weighted by molar-refractivity contribution is 7.88. The first-order valence-corrected chi connectivity index (χ1v) is 16.7. The quantitative estimate of drug-likeness (QED) is 0.129. The second-order valence-electron chi connectivity index (χ2n) is 13.1. The largest absolute Gasteiger partial charge is 0.464 e. The number of carbonyl (C=O) groups excluding carboxylic acids is 3. The average molecular weight is 646 g/mol. The molecule has 0 amide bonds. The van der Waals surface area contributed by atoms with Crippen molar-refractivity contribution in [3.8, 4) is 0 Å². The van der Waals surface area contributed by atoms with Crippen LogP contribution in [-0.4, -0.2) is 74.3 Å². The first kappa shape index (κ1) is 39.1. The van der Waals surface area contributed by atoms with Gasteiger partial charge in [-0.05, 0) is 86.0 Å². The molecule has 2 N–H and O–H groups in total. The van der Waals surface area contributed by atoms with E-state index in [2.05, 4.69) is 4.72 Å². The smallest absolute Gasteiger partial charge is 0.417 e. The first-order chi connectivity index (χ1) is 19.4. The minimum absolute atomic E-state index is 0.0600. The Bertz CT molecular complexity index is 1070. The average Bonchev–Trinajstić information content (AvgIpc) is 3.32. The number of esters is 3. The number of ether oxygens (including phenoxy) is 3. The van der Waals surface area contributed by atoms with Crippen molar-refractivity contribution in [1.82, 2.24) is 4.72 Å². The summed E-state index contributed by atoms with van der Waals surface area (Å²) in [6.07, 6.45) is -2.31. The van der Waals surface area contributed by atoms with Crippen molar-refractivity contribution in [2.24, 2.45) is 16.7 Å². The number of carbonyl (C=O) groups is 3. The van der Waals surface area contributed by atoms with Crippen LogP contribution in [0.15, 0.2) is 0 Å². The van der Waals surface area contributed by atoms with Crippen molar-refractivity contribution >= 4 is 27.9 Å². The number of hydrogen-bond donors (Lipinski definition) is 2. The SMILES string of the molecule is CCC1(OC(=O)C(CC(C)(C)C(=O)OC(C)CC(C)(O)C(F)(F)F)CC(C)(CC)C(=O)OCCNS(C)(=O)=O)CCCC1. The molecule has 4 unspecified atom stereocenters. The zero-order valence-corrected chi connectivity index (χ0v) is 27.5. The van der Waals surface area contributed by atoms with Crippen molar-refractivity contribution < 1.29 is 55.3 Å². The number of hydrogen-bond acceptors (Lipinski definition) is 9. The Labute approximate surface area is 253 Å². The normalized spacial score (nSPS) is 19.9. The third kappa shape index (κ3) is 11.8. The molecule has 1 fully saturated rings. The molecule has 0 aromatic carbocycles. The molecule has 4 atom stereocenters. The van der Waals surface area contributed by atoms with Gasteiger partial charge in [0.2, 0.25) is 10.0 Å². The van der Waals surface area contributed by atoms with Crippen LogP contribution in [0.1, 0.15) is 106 Å². The van der Waals surface area contributed by atoms with E-state index in [0.29, 0.717) is 26.2 Å². The molecular weight excluding hydrogens is 595 g/mol. The molecule has 0 heterocycles. The zero-order chi connectivity index (χ0) is 33.5. The number of rotatable bonds is 17. The van der Waals surface area contributed by atoms with Gasteiger partial charge in [0.1, 0.15) is 18.3 Å². The van der Waals surface area contributed by atoms with Gasteiger partial charge in [0.05, 0.1) is 23.0 Å². The van der Waals surface area contributed by atoms with Crippen LogP contribution in [0, 0.1) is 16.7 Å². The molecule has 10 nitrogen and oxygen atoms in total. The Hall–Kier alpha value is -1.93. The monoisotopic (exact) mass is 645 g/mol. The van der Waals surface area contributed by atoms with E-state index in [4.69, 9.17) is 14.2 Å². The second-order valence-corrected chi connectivity index (χ2v) is 14.9. The van der Waals surface area contributed by atoms with Gasteiger partial charge < -0.3 is 19.3 Å². The van der Waals surface area contributed by atoms with Crippen LogP contribution in [0.25, 0.3) is 0 Å². The molecule has 1 saturated carbocycles. The predicted octanol–water partition coefficient (Wildman–Crippen LogP) is 4.82. The Balaban J connectivity index is 3.19. The van der Waals surface area contributed by atoms with Crippen LogP contribution < -0.4 is 4.72 Å². The van der Waals surface area contributed by atoms with Crippen LogP contribution in [0.2, 0.25) is 0 Å². The van der Waals surface area contributed by atoms with Crippen molar-refractivity contribution in [2.45, 2.75) is 130 Å². The fourth-order valence-electron chi connectivity index (χ4n) is 5.30. The number of sulfonamides is 1. The van der Waals surface area contributed by atoms with Crippen molar-refractivity contribution in [3.05, 3.63) is 0 Å². The Morgan fingerprint density at radius 3 is 2.00 bits per heavy atom. The van der Waals surface area contributed by atoms with Crippen LogP contribution in [0.3, 0.4) is 0 Å². The van der Waals surface area contributed by atoms with E-state index in [0.717, 1.165) is 19.1 Å². The summed E-state index contributed by atoms with van der Waals surface area (Å²) in [7, 11) is -3.48. The maximum absolute atomic E-state index is 13.7. The molecular formula is C29H50F3NO9S. The van der Waals surface area contributed by atoms with Gasteiger partial charge in [-0.15, -0.1) is 0 Å². The van der Waals surface area contributed by atoms with Crippen molar-refractivity contribution in [1.29, 1.82) is 0 Å². The maximum atomic E-state index is 13.7. The molecule has 0 aromatic heterocycles. The Morgan fingerprint density at radius 2 is 1.53 bits per heavy atom. The summed E-state index contributed by atoms with van der Waals surface area (Å²) in [4.78, 5) is 40.0.